The minimum atomic E-state index is -0.110. The van der Waals surface area contributed by atoms with Gasteiger partial charge in [-0.1, -0.05) is 20.8 Å². The molecule has 1 amide bonds. The Balaban J connectivity index is 2.22. The molecular weight excluding hydrogens is 226 g/mol. The van der Waals surface area contributed by atoms with Crippen LogP contribution in [0.3, 0.4) is 0 Å². The van der Waals surface area contributed by atoms with Crippen LogP contribution in [-0.2, 0) is 10.2 Å². The topological polar surface area (TPSA) is 45.2 Å². The van der Waals surface area contributed by atoms with Crippen LogP contribution in [0.1, 0.15) is 33.4 Å². The van der Waals surface area contributed by atoms with Crippen LogP contribution < -0.4 is 10.2 Å². The van der Waals surface area contributed by atoms with E-state index in [9.17, 15) is 4.79 Å². The highest BCUT2D eigenvalue weighted by atomic mass is 16.2. The van der Waals surface area contributed by atoms with Crippen LogP contribution in [0.5, 0.6) is 0 Å². The first kappa shape index (κ1) is 13.0. The van der Waals surface area contributed by atoms with Crippen LogP contribution in [0.25, 0.3) is 0 Å². The summed E-state index contributed by atoms with van der Waals surface area (Å²) in [4.78, 5) is 18.3. The molecular formula is C14H21N3O. The Morgan fingerprint density at radius 1 is 1.39 bits per heavy atom. The number of carbonyl (C=O) groups is 1. The number of rotatable bonds is 1. The average Bonchev–Trinajstić information content (AvgIpc) is 2.32. The molecule has 0 unspecified atom stereocenters. The zero-order valence-electron chi connectivity index (χ0n) is 11.5. The summed E-state index contributed by atoms with van der Waals surface area (Å²) in [7, 11) is 0. The van der Waals surface area contributed by atoms with Gasteiger partial charge in [-0.05, 0) is 19.1 Å². The van der Waals surface area contributed by atoms with Gasteiger partial charge in [0.05, 0.1) is 17.9 Å². The molecule has 1 aliphatic heterocycles. The van der Waals surface area contributed by atoms with Gasteiger partial charge >= 0.3 is 0 Å². The van der Waals surface area contributed by atoms with Gasteiger partial charge in [0.2, 0.25) is 5.91 Å². The molecule has 2 heterocycles. The summed E-state index contributed by atoms with van der Waals surface area (Å²) in [6, 6.07) is 3.89. The van der Waals surface area contributed by atoms with Gasteiger partial charge in [-0.25, -0.2) is 0 Å². The second kappa shape index (κ2) is 4.69. The number of aromatic nitrogens is 1. The molecule has 0 radical (unpaired) electrons. The summed E-state index contributed by atoms with van der Waals surface area (Å²) >= 11 is 0. The van der Waals surface area contributed by atoms with E-state index in [0.717, 1.165) is 17.9 Å². The SMILES string of the molecule is C[C@@H]1NCCN(c2ccc(C(C)(C)C)nc2)C1=O. The molecule has 0 saturated carbocycles. The molecule has 2 rings (SSSR count). The smallest absolute Gasteiger partial charge is 0.243 e. The van der Waals surface area contributed by atoms with Gasteiger partial charge in [-0.3, -0.25) is 9.78 Å². The lowest BCUT2D eigenvalue weighted by Crippen LogP contribution is -2.53. The lowest BCUT2D eigenvalue weighted by atomic mass is 9.92. The van der Waals surface area contributed by atoms with Crippen LogP contribution >= 0.6 is 0 Å². The lowest BCUT2D eigenvalue weighted by Gasteiger charge is -2.31. The third-order valence-electron chi connectivity index (χ3n) is 3.25. The Bertz CT molecular complexity index is 433. The van der Waals surface area contributed by atoms with E-state index in [0.29, 0.717) is 6.54 Å². The van der Waals surface area contributed by atoms with Crippen LogP contribution in [0.4, 0.5) is 5.69 Å². The molecule has 4 heteroatoms. The number of nitrogens with zero attached hydrogens (tertiary/aromatic N) is 2. The van der Waals surface area contributed by atoms with Gasteiger partial charge in [0.15, 0.2) is 0 Å². The number of nitrogens with one attached hydrogen (secondary N) is 1. The quantitative estimate of drug-likeness (QED) is 0.821. The summed E-state index contributed by atoms with van der Waals surface area (Å²) in [6.07, 6.45) is 1.80. The van der Waals surface area contributed by atoms with Gasteiger partial charge in [0.25, 0.3) is 0 Å². The van der Waals surface area contributed by atoms with E-state index >= 15 is 0 Å². The molecule has 1 N–H and O–H groups in total. The molecule has 0 bridgehead atoms. The maximum atomic E-state index is 12.0. The van der Waals surface area contributed by atoms with Gasteiger partial charge < -0.3 is 10.2 Å². The first-order chi connectivity index (χ1) is 8.39. The fourth-order valence-corrected chi connectivity index (χ4v) is 2.07. The number of pyridine rings is 1. The van der Waals surface area contributed by atoms with Crippen molar-refractivity contribution in [1.29, 1.82) is 0 Å². The first-order valence-electron chi connectivity index (χ1n) is 6.41. The molecule has 1 saturated heterocycles. The van der Waals surface area contributed by atoms with Crippen molar-refractivity contribution in [3.05, 3.63) is 24.0 Å². The van der Waals surface area contributed by atoms with Crippen molar-refractivity contribution in [2.75, 3.05) is 18.0 Å². The van der Waals surface area contributed by atoms with Gasteiger partial charge in [-0.2, -0.15) is 0 Å². The minimum Gasteiger partial charge on any atom is -0.308 e. The largest absolute Gasteiger partial charge is 0.308 e. The van der Waals surface area contributed by atoms with Crippen molar-refractivity contribution in [3.8, 4) is 0 Å². The fraction of sp³-hybridized carbons (Fsp3) is 0.571. The highest BCUT2D eigenvalue weighted by Gasteiger charge is 2.26. The summed E-state index contributed by atoms with van der Waals surface area (Å²) in [5.41, 5.74) is 1.97. The Kier molecular flexibility index (Phi) is 3.39. The third kappa shape index (κ3) is 2.53. The first-order valence-corrected chi connectivity index (χ1v) is 6.41. The van der Waals surface area contributed by atoms with Crippen LogP contribution in [0.2, 0.25) is 0 Å². The molecule has 0 spiro atoms. The number of piperazine rings is 1. The maximum absolute atomic E-state index is 12.0. The minimum absolute atomic E-state index is 0.0410. The number of amides is 1. The fourth-order valence-electron chi connectivity index (χ4n) is 2.07. The molecule has 18 heavy (non-hydrogen) atoms. The van der Waals surface area contributed by atoms with Crippen LogP contribution in [0.15, 0.2) is 18.3 Å². The Morgan fingerprint density at radius 2 is 2.11 bits per heavy atom. The summed E-state index contributed by atoms with van der Waals surface area (Å²) in [5, 5.41) is 3.16. The second-order valence-corrected chi connectivity index (χ2v) is 5.82. The molecule has 1 aromatic rings. The predicted octanol–water partition coefficient (Wildman–Crippen LogP) is 1.70. The summed E-state index contributed by atoms with van der Waals surface area (Å²) in [5.74, 6) is 0.117. The number of anilines is 1. The Morgan fingerprint density at radius 3 is 2.67 bits per heavy atom. The molecule has 0 aromatic carbocycles. The van der Waals surface area contributed by atoms with E-state index in [2.05, 4.69) is 31.1 Å². The Hall–Kier alpha value is -1.42. The van der Waals surface area contributed by atoms with Crippen molar-refractivity contribution in [2.24, 2.45) is 0 Å². The molecule has 4 nitrogen and oxygen atoms in total. The highest BCUT2D eigenvalue weighted by Crippen LogP contribution is 2.23. The summed E-state index contributed by atoms with van der Waals surface area (Å²) in [6.45, 7) is 9.83. The third-order valence-corrected chi connectivity index (χ3v) is 3.25. The predicted molar refractivity (Wildman–Crippen MR) is 72.8 cm³/mol. The number of hydrogen-bond donors (Lipinski definition) is 1. The summed E-state index contributed by atoms with van der Waals surface area (Å²) < 4.78 is 0. The lowest BCUT2D eigenvalue weighted by molar-refractivity contribution is -0.121. The van der Waals surface area contributed by atoms with Crippen molar-refractivity contribution in [1.82, 2.24) is 10.3 Å². The van der Waals surface area contributed by atoms with E-state index in [-0.39, 0.29) is 17.4 Å². The monoisotopic (exact) mass is 247 g/mol. The van der Waals surface area contributed by atoms with Gasteiger partial charge in [-0.15, -0.1) is 0 Å². The average molecular weight is 247 g/mol. The van der Waals surface area contributed by atoms with E-state index in [1.54, 1.807) is 11.1 Å². The number of hydrogen-bond acceptors (Lipinski definition) is 3. The maximum Gasteiger partial charge on any atom is 0.243 e. The van der Waals surface area contributed by atoms with Crippen molar-refractivity contribution in [2.45, 2.75) is 39.2 Å². The van der Waals surface area contributed by atoms with E-state index in [1.165, 1.54) is 0 Å². The van der Waals surface area contributed by atoms with E-state index < -0.39 is 0 Å². The van der Waals surface area contributed by atoms with Gasteiger partial charge in [0, 0.05) is 24.2 Å². The van der Waals surface area contributed by atoms with Gasteiger partial charge in [0.1, 0.15) is 0 Å². The normalized spacial score (nSPS) is 21.2. The zero-order chi connectivity index (χ0) is 13.3. The zero-order valence-corrected chi connectivity index (χ0v) is 11.5. The van der Waals surface area contributed by atoms with Crippen LogP contribution in [0, 0.1) is 0 Å². The second-order valence-electron chi connectivity index (χ2n) is 5.82. The molecule has 98 valence electrons. The molecule has 0 aliphatic carbocycles. The molecule has 1 fully saturated rings. The van der Waals surface area contributed by atoms with Crippen molar-refractivity contribution < 1.29 is 4.79 Å². The van der Waals surface area contributed by atoms with E-state index in [1.807, 2.05) is 19.1 Å². The molecule has 1 aromatic heterocycles. The van der Waals surface area contributed by atoms with Crippen molar-refractivity contribution in [3.63, 3.8) is 0 Å². The van der Waals surface area contributed by atoms with E-state index in [4.69, 9.17) is 0 Å². The Labute approximate surface area is 108 Å². The van der Waals surface area contributed by atoms with Crippen LogP contribution in [-0.4, -0.2) is 30.0 Å². The number of carbonyl (C=O) groups excluding carboxylic acids is 1. The molecule has 1 atom stereocenters. The molecule has 1 aliphatic rings. The standard InChI is InChI=1S/C14H21N3O/c1-10-13(18)17(8-7-15-10)11-5-6-12(16-9-11)14(2,3)4/h5-6,9-10,15H,7-8H2,1-4H3/t10-/m0/s1. The van der Waals surface area contributed by atoms with Crippen molar-refractivity contribution >= 4 is 11.6 Å². The highest BCUT2D eigenvalue weighted by molar-refractivity contribution is 5.97.